The number of carbonyl (C=O) groups is 1. The first-order valence-electron chi connectivity index (χ1n) is 7.96. The molecule has 1 aliphatic heterocycles. The Morgan fingerprint density at radius 1 is 1.17 bits per heavy atom. The number of rotatable bonds is 4. The smallest absolute Gasteiger partial charge is 0.240 e. The predicted molar refractivity (Wildman–Crippen MR) is 89.8 cm³/mol. The fourth-order valence-corrected chi connectivity index (χ4v) is 3.15. The van der Waals surface area contributed by atoms with E-state index in [1.165, 1.54) is 12.1 Å². The molecule has 1 heterocycles. The van der Waals surface area contributed by atoms with Gasteiger partial charge in [0.05, 0.1) is 6.54 Å². The SMILES string of the molecule is CN(C(=O)CN1CCCC1c1ccc(F)cc1)c1ccccc1. The largest absolute Gasteiger partial charge is 0.314 e. The lowest BCUT2D eigenvalue weighted by Crippen LogP contribution is -2.38. The van der Waals surface area contributed by atoms with E-state index in [-0.39, 0.29) is 17.8 Å². The van der Waals surface area contributed by atoms with Crippen molar-refractivity contribution in [2.45, 2.75) is 18.9 Å². The monoisotopic (exact) mass is 312 g/mol. The lowest BCUT2D eigenvalue weighted by molar-refractivity contribution is -0.119. The van der Waals surface area contributed by atoms with Gasteiger partial charge in [-0.1, -0.05) is 30.3 Å². The fourth-order valence-electron chi connectivity index (χ4n) is 3.15. The van der Waals surface area contributed by atoms with Gasteiger partial charge < -0.3 is 4.90 Å². The number of hydrogen-bond donors (Lipinski definition) is 0. The van der Waals surface area contributed by atoms with Crippen molar-refractivity contribution in [2.75, 3.05) is 25.0 Å². The average Bonchev–Trinajstić information content (AvgIpc) is 3.03. The van der Waals surface area contributed by atoms with Gasteiger partial charge in [0.2, 0.25) is 5.91 Å². The van der Waals surface area contributed by atoms with Gasteiger partial charge in [-0.3, -0.25) is 9.69 Å². The quantitative estimate of drug-likeness (QED) is 0.861. The van der Waals surface area contributed by atoms with E-state index >= 15 is 0 Å². The second-order valence-corrected chi connectivity index (χ2v) is 5.97. The molecule has 0 aromatic heterocycles. The van der Waals surface area contributed by atoms with Crippen molar-refractivity contribution in [3.63, 3.8) is 0 Å². The summed E-state index contributed by atoms with van der Waals surface area (Å²) in [5.74, 6) is -0.150. The van der Waals surface area contributed by atoms with Gasteiger partial charge in [-0.2, -0.15) is 0 Å². The third-order valence-electron chi connectivity index (χ3n) is 4.47. The summed E-state index contributed by atoms with van der Waals surface area (Å²) < 4.78 is 13.1. The summed E-state index contributed by atoms with van der Waals surface area (Å²) in [4.78, 5) is 16.4. The molecule has 2 aromatic rings. The lowest BCUT2D eigenvalue weighted by atomic mass is 10.0. The van der Waals surface area contributed by atoms with Crippen LogP contribution in [0.15, 0.2) is 54.6 Å². The number of likely N-dealkylation sites (tertiary alicyclic amines) is 1. The Morgan fingerprint density at radius 3 is 2.57 bits per heavy atom. The molecule has 3 nitrogen and oxygen atoms in total. The van der Waals surface area contributed by atoms with Crippen molar-refractivity contribution in [3.05, 3.63) is 66.0 Å². The maximum atomic E-state index is 13.1. The van der Waals surface area contributed by atoms with Crippen LogP contribution in [0.5, 0.6) is 0 Å². The molecule has 0 aliphatic carbocycles. The molecule has 1 aliphatic rings. The van der Waals surface area contributed by atoms with Crippen LogP contribution in [0.25, 0.3) is 0 Å². The summed E-state index contributed by atoms with van der Waals surface area (Å²) in [6.07, 6.45) is 2.07. The van der Waals surface area contributed by atoms with Crippen LogP contribution in [0.1, 0.15) is 24.4 Å². The maximum absolute atomic E-state index is 13.1. The molecule has 23 heavy (non-hydrogen) atoms. The van der Waals surface area contributed by atoms with Gasteiger partial charge in [0.15, 0.2) is 0 Å². The lowest BCUT2D eigenvalue weighted by Gasteiger charge is -2.27. The summed E-state index contributed by atoms with van der Waals surface area (Å²) in [7, 11) is 1.81. The van der Waals surface area contributed by atoms with Crippen molar-refractivity contribution >= 4 is 11.6 Å². The molecular weight excluding hydrogens is 291 g/mol. The van der Waals surface area contributed by atoms with E-state index in [0.717, 1.165) is 30.6 Å². The highest BCUT2D eigenvalue weighted by molar-refractivity contribution is 5.94. The van der Waals surface area contributed by atoms with Gasteiger partial charge in [-0.25, -0.2) is 4.39 Å². The predicted octanol–water partition coefficient (Wildman–Crippen LogP) is 3.63. The van der Waals surface area contributed by atoms with Gasteiger partial charge >= 0.3 is 0 Å². The zero-order chi connectivity index (χ0) is 16.2. The van der Waals surface area contributed by atoms with Gasteiger partial charge in [0.1, 0.15) is 5.82 Å². The number of benzene rings is 2. The third-order valence-corrected chi connectivity index (χ3v) is 4.47. The van der Waals surface area contributed by atoms with Crippen LogP contribution in [0.3, 0.4) is 0 Å². The summed E-state index contributed by atoms with van der Waals surface area (Å²) in [5.41, 5.74) is 1.98. The minimum atomic E-state index is -0.224. The van der Waals surface area contributed by atoms with E-state index in [1.807, 2.05) is 42.5 Å². The average molecular weight is 312 g/mol. The van der Waals surface area contributed by atoms with Gasteiger partial charge in [-0.05, 0) is 49.2 Å². The van der Waals surface area contributed by atoms with Gasteiger partial charge in [0.25, 0.3) is 0 Å². The van der Waals surface area contributed by atoms with Crippen LogP contribution < -0.4 is 4.90 Å². The molecule has 1 saturated heterocycles. The molecule has 120 valence electrons. The number of carbonyl (C=O) groups excluding carboxylic acids is 1. The van der Waals surface area contributed by atoms with Gasteiger partial charge in [0, 0.05) is 18.8 Å². The minimum Gasteiger partial charge on any atom is -0.314 e. The molecule has 1 unspecified atom stereocenters. The van der Waals surface area contributed by atoms with E-state index in [1.54, 1.807) is 11.9 Å². The molecule has 1 fully saturated rings. The first-order valence-corrected chi connectivity index (χ1v) is 7.96. The highest BCUT2D eigenvalue weighted by Crippen LogP contribution is 2.31. The van der Waals surface area contributed by atoms with E-state index in [9.17, 15) is 9.18 Å². The molecule has 0 bridgehead atoms. The molecule has 0 N–H and O–H groups in total. The molecule has 3 rings (SSSR count). The van der Waals surface area contributed by atoms with Crippen LogP contribution in [0.4, 0.5) is 10.1 Å². The standard InChI is InChI=1S/C19H21FN2O/c1-21(17-6-3-2-4-7-17)19(23)14-22-13-5-8-18(22)15-9-11-16(20)12-10-15/h2-4,6-7,9-12,18H,5,8,13-14H2,1H3. The van der Waals surface area contributed by atoms with Crippen molar-refractivity contribution < 1.29 is 9.18 Å². The number of hydrogen-bond acceptors (Lipinski definition) is 2. The summed E-state index contributed by atoms with van der Waals surface area (Å²) in [6.45, 7) is 1.28. The van der Waals surface area contributed by atoms with Crippen LogP contribution in [0.2, 0.25) is 0 Å². The second kappa shape index (κ2) is 6.92. The molecule has 1 amide bonds. The van der Waals surface area contributed by atoms with Crippen LogP contribution in [-0.2, 0) is 4.79 Å². The molecule has 0 radical (unpaired) electrons. The first-order chi connectivity index (χ1) is 11.1. The minimum absolute atomic E-state index is 0.0743. The number of halogens is 1. The topological polar surface area (TPSA) is 23.6 Å². The number of anilines is 1. The highest BCUT2D eigenvalue weighted by atomic mass is 19.1. The number of nitrogens with zero attached hydrogens (tertiary/aromatic N) is 2. The Morgan fingerprint density at radius 2 is 1.87 bits per heavy atom. The Bertz CT molecular complexity index is 657. The van der Waals surface area contributed by atoms with Crippen molar-refractivity contribution in [1.82, 2.24) is 4.90 Å². The molecule has 0 saturated carbocycles. The molecule has 2 aromatic carbocycles. The maximum Gasteiger partial charge on any atom is 0.240 e. The van der Waals surface area contributed by atoms with Crippen molar-refractivity contribution in [3.8, 4) is 0 Å². The molecule has 0 spiro atoms. The van der Waals surface area contributed by atoms with Crippen LogP contribution in [-0.4, -0.2) is 30.9 Å². The normalized spacial score (nSPS) is 18.1. The van der Waals surface area contributed by atoms with Gasteiger partial charge in [-0.15, -0.1) is 0 Å². The summed E-state index contributed by atoms with van der Waals surface area (Å²) in [6, 6.07) is 16.5. The Labute approximate surface area is 136 Å². The Balaban J connectivity index is 1.69. The van der Waals surface area contributed by atoms with Crippen molar-refractivity contribution in [2.24, 2.45) is 0 Å². The molecule has 1 atom stereocenters. The van der Waals surface area contributed by atoms with E-state index in [4.69, 9.17) is 0 Å². The molecule has 4 heteroatoms. The third kappa shape index (κ3) is 3.59. The second-order valence-electron chi connectivity index (χ2n) is 5.97. The Kier molecular flexibility index (Phi) is 4.72. The van der Waals surface area contributed by atoms with E-state index < -0.39 is 0 Å². The highest BCUT2D eigenvalue weighted by Gasteiger charge is 2.28. The first kappa shape index (κ1) is 15.7. The fraction of sp³-hybridized carbons (Fsp3) is 0.316. The van der Waals surface area contributed by atoms with E-state index in [2.05, 4.69) is 4.90 Å². The van der Waals surface area contributed by atoms with Crippen LogP contribution >= 0.6 is 0 Å². The zero-order valence-corrected chi connectivity index (χ0v) is 13.3. The number of amides is 1. The number of likely N-dealkylation sites (N-methyl/N-ethyl adjacent to an activating group) is 1. The summed E-state index contributed by atoms with van der Waals surface area (Å²) >= 11 is 0. The number of para-hydroxylation sites is 1. The van der Waals surface area contributed by atoms with Crippen LogP contribution in [0, 0.1) is 5.82 Å². The summed E-state index contributed by atoms with van der Waals surface area (Å²) in [5, 5.41) is 0. The molecular formula is C19H21FN2O. The Hall–Kier alpha value is -2.20. The van der Waals surface area contributed by atoms with E-state index in [0.29, 0.717) is 6.54 Å². The van der Waals surface area contributed by atoms with Crippen molar-refractivity contribution in [1.29, 1.82) is 0 Å². The zero-order valence-electron chi connectivity index (χ0n) is 13.3.